The third kappa shape index (κ3) is 7.33. The fourth-order valence-electron chi connectivity index (χ4n) is 4.68. The first kappa shape index (κ1) is 26.7. The van der Waals surface area contributed by atoms with Gasteiger partial charge in [-0.3, -0.25) is 5.32 Å². The maximum atomic E-state index is 13.1. The van der Waals surface area contributed by atoms with Crippen molar-refractivity contribution in [3.8, 4) is 11.6 Å². The van der Waals surface area contributed by atoms with Crippen LogP contribution in [0.4, 0.5) is 10.6 Å². The van der Waals surface area contributed by atoms with E-state index in [-0.39, 0.29) is 0 Å². The molecule has 1 aromatic carbocycles. The molecule has 0 bridgehead atoms. The highest BCUT2D eigenvalue weighted by atomic mass is 16.5. The van der Waals surface area contributed by atoms with Crippen molar-refractivity contribution < 1.29 is 14.6 Å². The average molecular weight is 506 g/mol. The van der Waals surface area contributed by atoms with E-state index in [1.807, 2.05) is 61.6 Å². The number of aliphatic hydroxyl groups excluding tert-OH is 1. The van der Waals surface area contributed by atoms with Gasteiger partial charge in [0.2, 0.25) is 5.88 Å². The number of nitrogens with one attached hydrogen (secondary N) is 2. The number of allylic oxidation sites excluding steroid dienone is 4. The van der Waals surface area contributed by atoms with E-state index in [2.05, 4.69) is 29.2 Å². The predicted molar refractivity (Wildman–Crippen MR) is 147 cm³/mol. The molecule has 4 rings (SSSR count). The van der Waals surface area contributed by atoms with Gasteiger partial charge in [0.05, 0.1) is 30.0 Å². The molecule has 8 nitrogen and oxygen atoms in total. The van der Waals surface area contributed by atoms with Gasteiger partial charge in [-0.05, 0) is 77.2 Å². The molecule has 1 aliphatic carbocycles. The topological polar surface area (TPSA) is 91.7 Å². The van der Waals surface area contributed by atoms with Crippen molar-refractivity contribution in [1.29, 1.82) is 0 Å². The highest BCUT2D eigenvalue weighted by Crippen LogP contribution is 2.29. The van der Waals surface area contributed by atoms with Crippen LogP contribution < -0.4 is 15.4 Å². The number of piperidine rings is 1. The second-order valence-corrected chi connectivity index (χ2v) is 10.1. The number of hydrogen-bond donors (Lipinski definition) is 3. The van der Waals surface area contributed by atoms with Gasteiger partial charge in [-0.25, -0.2) is 9.48 Å². The molecule has 1 fully saturated rings. The van der Waals surface area contributed by atoms with Gasteiger partial charge in [0.15, 0.2) is 0 Å². The zero-order valence-electron chi connectivity index (χ0n) is 21.9. The van der Waals surface area contributed by atoms with Crippen molar-refractivity contribution in [2.45, 2.75) is 51.2 Å². The van der Waals surface area contributed by atoms with E-state index in [9.17, 15) is 9.90 Å². The van der Waals surface area contributed by atoms with Crippen molar-refractivity contribution in [3.63, 3.8) is 0 Å². The summed E-state index contributed by atoms with van der Waals surface area (Å²) in [4.78, 5) is 15.5. The first-order valence-electron chi connectivity index (χ1n) is 13.1. The van der Waals surface area contributed by atoms with Gasteiger partial charge < -0.3 is 20.1 Å². The minimum atomic E-state index is -0.688. The smallest absolute Gasteiger partial charge is 0.320 e. The number of amides is 2. The van der Waals surface area contributed by atoms with E-state index in [1.165, 1.54) is 0 Å². The molecule has 0 unspecified atom stereocenters. The van der Waals surface area contributed by atoms with Gasteiger partial charge in [0.1, 0.15) is 5.82 Å². The number of hydrogen-bond acceptors (Lipinski definition) is 5. The summed E-state index contributed by atoms with van der Waals surface area (Å²) in [7, 11) is 2.15. The Morgan fingerprint density at radius 2 is 1.95 bits per heavy atom. The number of benzene rings is 1. The monoisotopic (exact) mass is 505 g/mol. The molecule has 2 aromatic rings. The summed E-state index contributed by atoms with van der Waals surface area (Å²) in [6.07, 6.45) is 11.0. The minimum absolute atomic E-state index is 0.397. The number of ether oxygens (including phenoxy) is 1. The molecule has 1 aliphatic heterocycles. The second kappa shape index (κ2) is 12.7. The van der Waals surface area contributed by atoms with Crippen LogP contribution in [0.1, 0.15) is 37.7 Å². The molecule has 2 aliphatic rings. The molecule has 1 saturated heterocycles. The zero-order chi connectivity index (χ0) is 26.2. The summed E-state index contributed by atoms with van der Waals surface area (Å²) in [6.45, 7) is 8.67. The van der Waals surface area contributed by atoms with Gasteiger partial charge in [-0.1, -0.05) is 54.7 Å². The Morgan fingerprint density at radius 3 is 2.70 bits per heavy atom. The number of nitrogens with zero attached hydrogens (tertiary/aromatic N) is 3. The first-order chi connectivity index (χ1) is 17.9. The van der Waals surface area contributed by atoms with Crippen LogP contribution in [0.15, 0.2) is 66.8 Å². The molecule has 2 atom stereocenters. The van der Waals surface area contributed by atoms with Crippen molar-refractivity contribution in [1.82, 2.24) is 20.0 Å². The van der Waals surface area contributed by atoms with Crippen LogP contribution in [0.2, 0.25) is 0 Å². The lowest BCUT2D eigenvalue weighted by Gasteiger charge is -2.28. The lowest BCUT2D eigenvalue weighted by atomic mass is 9.98. The Labute approximate surface area is 219 Å². The van der Waals surface area contributed by atoms with E-state index in [4.69, 9.17) is 9.84 Å². The summed E-state index contributed by atoms with van der Waals surface area (Å²) >= 11 is 0. The van der Waals surface area contributed by atoms with Gasteiger partial charge in [-0.15, -0.1) is 5.10 Å². The fourth-order valence-corrected chi connectivity index (χ4v) is 4.68. The van der Waals surface area contributed by atoms with Crippen LogP contribution in [0.3, 0.4) is 0 Å². The quantitative estimate of drug-likeness (QED) is 0.534. The number of urea groups is 1. The highest BCUT2D eigenvalue weighted by Gasteiger charge is 2.24. The minimum Gasteiger partial charge on any atom is -0.476 e. The fraction of sp³-hybridized carbons (Fsp3) is 0.448. The average Bonchev–Trinajstić information content (AvgIpc) is 3.21. The Kier molecular flexibility index (Phi) is 9.19. The lowest BCUT2D eigenvalue weighted by Crippen LogP contribution is -2.45. The first-order valence-corrected chi connectivity index (χ1v) is 13.1. The molecule has 8 heteroatoms. The number of carbonyl (C=O) groups is 1. The van der Waals surface area contributed by atoms with Crippen molar-refractivity contribution in [2.24, 2.45) is 5.92 Å². The summed E-state index contributed by atoms with van der Waals surface area (Å²) in [6, 6.07) is 8.85. The second-order valence-electron chi connectivity index (χ2n) is 10.1. The number of carbonyl (C=O) groups excluding carboxylic acids is 1. The third-order valence-electron chi connectivity index (χ3n) is 7.12. The number of aliphatic hydroxyl groups is 1. The Bertz CT molecular complexity index is 1120. The van der Waals surface area contributed by atoms with Crippen LogP contribution in [0.25, 0.3) is 5.69 Å². The number of rotatable bonds is 6. The van der Waals surface area contributed by atoms with Crippen molar-refractivity contribution in [3.05, 3.63) is 72.4 Å². The Balaban J connectivity index is 1.49. The van der Waals surface area contributed by atoms with Gasteiger partial charge >= 0.3 is 6.03 Å². The van der Waals surface area contributed by atoms with E-state index in [1.54, 1.807) is 4.68 Å². The van der Waals surface area contributed by atoms with E-state index in [0.717, 1.165) is 42.8 Å². The summed E-state index contributed by atoms with van der Waals surface area (Å²) in [5, 5.41) is 21.4. The molecule has 0 radical (unpaired) electrons. The third-order valence-corrected chi connectivity index (χ3v) is 7.12. The number of para-hydroxylation sites is 1. The largest absolute Gasteiger partial charge is 0.476 e. The molecular weight excluding hydrogens is 466 g/mol. The van der Waals surface area contributed by atoms with Crippen LogP contribution in [-0.4, -0.2) is 64.7 Å². The van der Waals surface area contributed by atoms with E-state index >= 15 is 0 Å². The number of anilines is 1. The molecule has 3 N–H and O–H groups in total. The predicted octanol–water partition coefficient (Wildman–Crippen LogP) is 4.60. The van der Waals surface area contributed by atoms with Crippen LogP contribution >= 0.6 is 0 Å². The summed E-state index contributed by atoms with van der Waals surface area (Å²) in [5.74, 6) is 1.55. The molecule has 0 saturated carbocycles. The zero-order valence-corrected chi connectivity index (χ0v) is 21.9. The molecule has 1 aromatic heterocycles. The standard InChI is InChI=1S/C29H39N5O3/c1-21-10-6-4-9-13-25(26(35)15-14-21)30-29(36)31-27-22(2)28(32-34(27)24-11-7-5-8-12-24)37-20-23-16-18-33(3)19-17-23/h4-12,23,25-26,35H,1,13-20H2,2-3H3,(H2,30,31,36)/b9-4-,10-6-/t25-,26-/m1/s1. The maximum Gasteiger partial charge on any atom is 0.320 e. The Hall–Kier alpha value is -3.36. The summed E-state index contributed by atoms with van der Waals surface area (Å²) < 4.78 is 7.89. The SMILES string of the molecule is C=C1/C=C\C=C/C[C@@H](NC(=O)Nc2c(C)c(OCC3CCN(C)CC3)nn2-c2ccccc2)[C@H](O)CC1. The molecule has 198 valence electrons. The van der Waals surface area contributed by atoms with Crippen LogP contribution in [0, 0.1) is 12.8 Å². The molecule has 0 spiro atoms. The molecule has 2 amide bonds. The van der Waals surface area contributed by atoms with Crippen molar-refractivity contribution >= 4 is 11.8 Å². The Morgan fingerprint density at radius 1 is 1.19 bits per heavy atom. The van der Waals surface area contributed by atoms with Crippen molar-refractivity contribution in [2.75, 3.05) is 32.1 Å². The number of aromatic nitrogens is 2. The lowest BCUT2D eigenvalue weighted by molar-refractivity contribution is 0.123. The van der Waals surface area contributed by atoms with Gasteiger partial charge in [0.25, 0.3) is 0 Å². The van der Waals surface area contributed by atoms with Crippen LogP contribution in [0.5, 0.6) is 5.88 Å². The normalized spacial score (nSPS) is 23.3. The summed E-state index contributed by atoms with van der Waals surface area (Å²) in [5.41, 5.74) is 2.53. The van der Waals surface area contributed by atoms with E-state index in [0.29, 0.717) is 43.5 Å². The maximum absolute atomic E-state index is 13.1. The van der Waals surface area contributed by atoms with E-state index < -0.39 is 18.2 Å². The molecule has 2 heterocycles. The highest BCUT2D eigenvalue weighted by molar-refractivity contribution is 5.90. The van der Waals surface area contributed by atoms with Gasteiger partial charge in [0, 0.05) is 0 Å². The van der Waals surface area contributed by atoms with Crippen LogP contribution in [-0.2, 0) is 0 Å². The number of likely N-dealkylation sites (tertiary alicyclic amines) is 1. The molecular formula is C29H39N5O3. The van der Waals surface area contributed by atoms with Gasteiger partial charge in [-0.2, -0.15) is 0 Å². The molecule has 37 heavy (non-hydrogen) atoms.